The van der Waals surface area contributed by atoms with Gasteiger partial charge in [-0.1, -0.05) is 38.5 Å². The van der Waals surface area contributed by atoms with Crippen LogP contribution >= 0.6 is 0 Å². The zero-order chi connectivity index (χ0) is 43.3. The van der Waals surface area contributed by atoms with Crippen LogP contribution in [0.2, 0.25) is 0 Å². The van der Waals surface area contributed by atoms with Crippen molar-refractivity contribution in [3.8, 4) is 0 Å². The summed E-state index contributed by atoms with van der Waals surface area (Å²) in [7, 11) is 0. The van der Waals surface area contributed by atoms with Gasteiger partial charge in [-0.25, -0.2) is 24.0 Å². The first kappa shape index (κ1) is 53.1. The van der Waals surface area contributed by atoms with Crippen LogP contribution < -0.4 is 0 Å². The topological polar surface area (TPSA) is 364 Å². The van der Waals surface area contributed by atoms with E-state index in [-0.39, 0.29) is 19.4 Å². The second-order valence-electron chi connectivity index (χ2n) is 12.4. The fourth-order valence-electron chi connectivity index (χ4n) is 4.99. The van der Waals surface area contributed by atoms with Gasteiger partial charge in [0.25, 0.3) is 0 Å². The Bertz CT molecular complexity index is 1300. The molecule has 0 aromatic rings. The molecule has 0 radical (unpaired) electrons. The third-order valence-corrected chi connectivity index (χ3v) is 8.37. The average Bonchev–Trinajstić information content (AvgIpc) is 3.14. The molecule has 0 fully saturated rings. The Kier molecular flexibility index (Phi) is 27.0. The first-order valence-corrected chi connectivity index (χ1v) is 17.1. The predicted molar refractivity (Wildman–Crippen MR) is 193 cm³/mol. The third-order valence-electron chi connectivity index (χ3n) is 8.37. The molecule has 0 saturated heterocycles. The lowest BCUT2D eigenvalue weighted by molar-refractivity contribution is -0.182. The van der Waals surface area contributed by atoms with Crippen molar-refractivity contribution in [2.24, 2.45) is 10.8 Å². The van der Waals surface area contributed by atoms with E-state index in [2.05, 4.69) is 0 Å². The summed E-state index contributed by atoms with van der Waals surface area (Å²) >= 11 is 0. The third kappa shape index (κ3) is 19.1. The molecule has 0 saturated carbocycles. The van der Waals surface area contributed by atoms with Crippen molar-refractivity contribution < 1.29 is 99.5 Å². The first-order chi connectivity index (χ1) is 26.4. The smallest absolute Gasteiger partial charge is 0.331 e. The van der Waals surface area contributed by atoms with Crippen LogP contribution in [0.3, 0.4) is 0 Å². The quantitative estimate of drug-likeness (QED) is 0.0252. The van der Waals surface area contributed by atoms with Crippen LogP contribution in [0.1, 0.15) is 57.8 Å². The number of carboxylic acids is 6. The summed E-state index contributed by atoms with van der Waals surface area (Å²) in [4.78, 5) is 68.3. The summed E-state index contributed by atoms with van der Waals surface area (Å²) in [6, 6.07) is 0. The maximum atomic E-state index is 11.7. The minimum Gasteiger partial charge on any atom is -0.485 e. The molecule has 56 heavy (non-hydrogen) atoms. The van der Waals surface area contributed by atoms with Crippen LogP contribution in [0, 0.1) is 10.8 Å². The molecule has 0 atom stereocenters. The second kappa shape index (κ2) is 28.4. The van der Waals surface area contributed by atoms with Crippen LogP contribution in [-0.2, 0) is 38.2 Å². The summed E-state index contributed by atoms with van der Waals surface area (Å²) < 4.78 is 11.6. The molecular weight excluding hydrogens is 752 g/mol. The van der Waals surface area contributed by atoms with Crippen molar-refractivity contribution in [3.63, 3.8) is 0 Å². The van der Waals surface area contributed by atoms with Gasteiger partial charge in [0.05, 0.1) is 62.8 Å². The van der Waals surface area contributed by atoms with Gasteiger partial charge in [0.15, 0.2) is 5.60 Å². The van der Waals surface area contributed by atoms with Crippen LogP contribution in [0.15, 0.2) is 60.9 Å². The van der Waals surface area contributed by atoms with E-state index < -0.39 is 97.5 Å². The molecule has 0 aliphatic rings. The van der Waals surface area contributed by atoms with Gasteiger partial charge in [0, 0.05) is 37.3 Å². The van der Waals surface area contributed by atoms with E-state index >= 15 is 0 Å². The molecule has 0 bridgehead atoms. The lowest BCUT2D eigenvalue weighted by Crippen LogP contribution is -2.65. The van der Waals surface area contributed by atoms with Crippen LogP contribution in [0.4, 0.5) is 0 Å². The molecule has 0 amide bonds. The normalized spacial score (nSPS) is 14.5. The summed E-state index contributed by atoms with van der Waals surface area (Å²) in [5.41, 5.74) is -8.86. The number of ether oxygens (including phenoxy) is 2. The molecule has 20 nitrogen and oxygen atoms in total. The Morgan fingerprint density at radius 3 is 1.07 bits per heavy atom. The molecule has 20 heteroatoms. The predicted octanol–water partition coefficient (Wildman–Crippen LogP) is 0.167. The molecule has 0 unspecified atom stereocenters. The highest BCUT2D eigenvalue weighted by atomic mass is 16.5. The molecule has 0 heterocycles. The number of aliphatic hydroxyl groups excluding tert-OH is 6. The number of aliphatic hydroxyl groups is 6. The fraction of sp³-hybridized carbons (Fsp3) is 0.556. The van der Waals surface area contributed by atoms with E-state index in [4.69, 9.17) is 40.1 Å². The largest absolute Gasteiger partial charge is 0.485 e. The van der Waals surface area contributed by atoms with Crippen molar-refractivity contribution in [2.45, 2.75) is 69.0 Å². The highest BCUT2D eigenvalue weighted by Gasteiger charge is 2.62. The van der Waals surface area contributed by atoms with Gasteiger partial charge in [-0.15, -0.1) is 0 Å². The van der Waals surface area contributed by atoms with Crippen LogP contribution in [-0.4, -0.2) is 155 Å². The van der Waals surface area contributed by atoms with Crippen molar-refractivity contribution >= 4 is 35.8 Å². The molecule has 0 rings (SSSR count). The van der Waals surface area contributed by atoms with Gasteiger partial charge in [-0.05, 0) is 37.1 Å². The van der Waals surface area contributed by atoms with Gasteiger partial charge in [0.2, 0.25) is 0 Å². The molecule has 0 aliphatic carbocycles. The first-order valence-electron chi connectivity index (χ1n) is 17.1. The Hall–Kier alpha value is -4.96. The number of carbonyl (C=O) groups is 6. The number of hydrogen-bond donors (Lipinski definition) is 12. The Balaban J connectivity index is 0. The van der Waals surface area contributed by atoms with Crippen LogP contribution in [0.5, 0.6) is 0 Å². The van der Waals surface area contributed by atoms with E-state index in [1.165, 1.54) is 0 Å². The summed E-state index contributed by atoms with van der Waals surface area (Å²) in [6.45, 7) is -4.51. The van der Waals surface area contributed by atoms with E-state index in [0.29, 0.717) is 68.1 Å². The maximum Gasteiger partial charge on any atom is 0.331 e. The molecule has 318 valence electrons. The van der Waals surface area contributed by atoms with Gasteiger partial charge in [0.1, 0.15) is 5.60 Å². The van der Waals surface area contributed by atoms with E-state index in [1.807, 2.05) is 0 Å². The molecule has 0 aromatic heterocycles. The monoisotopic (exact) mass is 806 g/mol. The van der Waals surface area contributed by atoms with E-state index in [9.17, 15) is 59.4 Å². The summed E-state index contributed by atoms with van der Waals surface area (Å²) in [5.74, 6) is -8.88. The molecule has 0 aromatic carbocycles. The van der Waals surface area contributed by atoms with Gasteiger partial charge in [-0.2, -0.15) is 0 Å². The maximum absolute atomic E-state index is 11.7. The highest BCUT2D eigenvalue weighted by Crippen LogP contribution is 2.50. The Morgan fingerprint density at radius 1 is 0.429 bits per heavy atom. The summed E-state index contributed by atoms with van der Waals surface area (Å²) in [6.07, 6.45) is 11.0. The molecular formula is C36H54O20. The van der Waals surface area contributed by atoms with Crippen molar-refractivity contribution in [1.29, 1.82) is 0 Å². The second-order valence-corrected chi connectivity index (χ2v) is 12.4. The standard InChI is InChI=1S/C31H42O16.C5H12O4/c32-21-29(22-33,31(17-12-26(40)41,18-13-27(42)43)47-20-14-28(44)45)30(15-10-24(36)37,16-11-25(38)39)46-19-8-6-4-2-1-3-5-7-9-23(34)35;6-1-5(2-7,3-8)4-9/h10-18,20,32-33H,1-9,19,21-22H2,(H,34,35)(H,36,37)(H,38,39)(H,40,41)(H,42,43)(H,44,45);6-9H,1-4H2. The minimum atomic E-state index is -2.66. The number of unbranched alkanes of at least 4 members (excludes halogenated alkanes) is 7. The van der Waals surface area contributed by atoms with Crippen LogP contribution in [0.25, 0.3) is 0 Å². The van der Waals surface area contributed by atoms with Gasteiger partial charge < -0.3 is 70.8 Å². The molecule has 0 spiro atoms. The number of rotatable bonds is 31. The Morgan fingerprint density at radius 2 is 0.768 bits per heavy atom. The fourth-order valence-corrected chi connectivity index (χ4v) is 4.99. The SMILES string of the molecule is O=C(O)C=COC(C=CC(=O)O)(C=CC(=O)O)C(CO)(CO)C(C=CC(=O)O)(C=CC(=O)O)OCCCCCCCCCCC(=O)O.OCC(CO)(CO)CO. The minimum absolute atomic E-state index is 0.0925. The lowest BCUT2D eigenvalue weighted by Gasteiger charge is -2.53. The molecule has 12 N–H and O–H groups in total. The van der Waals surface area contributed by atoms with Crippen molar-refractivity contribution in [2.75, 3.05) is 46.2 Å². The molecule has 0 aliphatic heterocycles. The van der Waals surface area contributed by atoms with Crippen molar-refractivity contribution in [1.82, 2.24) is 0 Å². The average molecular weight is 807 g/mol. The lowest BCUT2D eigenvalue weighted by atomic mass is 9.60. The van der Waals surface area contributed by atoms with Gasteiger partial charge in [-0.3, -0.25) is 4.79 Å². The number of aliphatic carboxylic acids is 6. The zero-order valence-corrected chi connectivity index (χ0v) is 30.7. The summed E-state index contributed by atoms with van der Waals surface area (Å²) in [5, 5.41) is 111. The van der Waals surface area contributed by atoms with Gasteiger partial charge >= 0.3 is 35.8 Å². The zero-order valence-electron chi connectivity index (χ0n) is 30.7. The van der Waals surface area contributed by atoms with E-state index in [1.54, 1.807) is 0 Å². The highest BCUT2D eigenvalue weighted by molar-refractivity contribution is 5.83. The number of carboxylic acid groups (broad SMARTS) is 6. The van der Waals surface area contributed by atoms with Crippen molar-refractivity contribution in [3.05, 3.63) is 60.9 Å². The number of hydrogen-bond acceptors (Lipinski definition) is 14. The van der Waals surface area contributed by atoms with E-state index in [0.717, 1.165) is 37.8 Å². The Labute approximate surface area is 322 Å².